The zero-order valence-electron chi connectivity index (χ0n) is 81.0. The monoisotopic (exact) mass is 1990 g/mol. The van der Waals surface area contributed by atoms with Crippen molar-refractivity contribution in [1.29, 1.82) is 0 Å². The molecule has 4 aliphatic heterocycles. The van der Waals surface area contributed by atoms with E-state index in [9.17, 15) is 0 Å². The fourth-order valence-corrected chi connectivity index (χ4v) is 37.2. The molecule has 6 heterocycles. The van der Waals surface area contributed by atoms with Gasteiger partial charge in [0.2, 0.25) is 0 Å². The number of hydrogen-bond donors (Lipinski definition) is 0. The van der Waals surface area contributed by atoms with Gasteiger partial charge in [0, 0.05) is 64.4 Å². The number of nitrogens with zero attached hydrogens (tertiary/aromatic N) is 6. The summed E-state index contributed by atoms with van der Waals surface area (Å²) in [5.74, 6) is 1.75. The first-order valence-electron chi connectivity index (χ1n) is 46.7. The second-order valence-electron chi connectivity index (χ2n) is 27.0. The third kappa shape index (κ3) is 13.5. The van der Waals surface area contributed by atoms with Crippen molar-refractivity contribution in [3.8, 4) is 90.0 Å². The molecule has 0 unspecified atom stereocenters. The molecule has 4 aliphatic rings. The van der Waals surface area contributed by atoms with Gasteiger partial charge in [0.05, 0.1) is 27.4 Å². The van der Waals surface area contributed by atoms with Crippen molar-refractivity contribution in [2.24, 2.45) is 0 Å². The largest absolute Gasteiger partial charge is 0.0629 e. The first kappa shape index (κ1) is 55.2. The van der Waals surface area contributed by atoms with Crippen molar-refractivity contribution in [2.75, 3.05) is 19.6 Å². The van der Waals surface area contributed by atoms with Gasteiger partial charge in [-0.05, 0) is 22.3 Å². The molecule has 0 spiro atoms. The zero-order valence-corrected chi connectivity index (χ0v) is 69.7. The fourth-order valence-electron chi connectivity index (χ4n) is 16.1. The third-order valence-electron chi connectivity index (χ3n) is 20.8. The number of fused-ring (bicyclic) bond motifs is 7. The Morgan fingerprint density at radius 1 is 0.293 bits per heavy atom. The number of anilines is 6. The van der Waals surface area contributed by atoms with Crippen LogP contribution in [-0.4, -0.2) is 36.5 Å². The van der Waals surface area contributed by atoms with Crippen LogP contribution in [0.5, 0.6) is 23.0 Å². The van der Waals surface area contributed by atoms with Crippen LogP contribution in [0.4, 0.5) is 34.1 Å². The van der Waals surface area contributed by atoms with Gasteiger partial charge in [-0.25, -0.2) is 0 Å². The average molecular weight is 1990 g/mol. The molecule has 12 heteroatoms. The van der Waals surface area contributed by atoms with Crippen molar-refractivity contribution < 1.29 is 79.0 Å². The summed E-state index contributed by atoms with van der Waals surface area (Å²) in [5.41, 5.74) is 6.69. The number of ether oxygens (including phenoxy) is 2. The molecule has 0 bridgehead atoms. The van der Waals surface area contributed by atoms with Crippen LogP contribution in [-0.2, 0) is 42.1 Å². The standard InChI is InChI=1S/C54H36GeN3O.C50H34GeN3O.2Pt/c1-5-18-39(19-6-1)46-28-16-29-47(40-20-7-2-8-21-40)54(46)58-38-57(51-31-13-14-32-52(51)58)43-26-15-27-44(36-43)59-45-33-34-49-48(37-45)53-50(30-17-35-56-53)55(49,41-22-9-3-10-23-41)42-24-11-4-12-25-42;1-5-16-37(17-6-1)44-26-14-27-45(38-18-7-2-8-19-38)50(44)54-33-32-53(36-54)41-24-13-25-42(34-41)55-43-29-30-47-46(35-43)49-48(28-15-31-52-49)51(47,39-20-9-3-10-21-39)40-22-11-4-12-23-40;;/h1-35,38H;1-33,36H;;/q2*-3;;/i1D,2D,5D,6D,7D,8D,18D,19D,20D,21D;1D,2D,5D,6D,7D,8D,16D,17D,18D,19D;;. The van der Waals surface area contributed by atoms with Crippen LogP contribution < -0.4 is 64.2 Å². The topological polar surface area (TPSA) is 57.2 Å². The van der Waals surface area contributed by atoms with Crippen molar-refractivity contribution in [3.05, 3.63) is 450 Å². The Kier molecular flexibility index (Phi) is 15.6. The number of pyridine rings is 2. The van der Waals surface area contributed by atoms with Crippen molar-refractivity contribution in [3.63, 3.8) is 0 Å². The molecule has 8 nitrogen and oxygen atoms in total. The average Bonchev–Trinajstić information content (AvgIpc) is 1.54. The number of para-hydroxylation sites is 4. The molecular formula is C104H70Ge2N6O2Pt2-6. The summed E-state index contributed by atoms with van der Waals surface area (Å²) < 4.78 is 196. The molecule has 21 rings (SSSR count). The normalized spacial score (nSPS) is 15.8. The molecule has 0 saturated heterocycles. The van der Waals surface area contributed by atoms with E-state index >= 15 is 0 Å². The smallest absolute Gasteiger partial charge is 0.0616 e. The molecule has 0 saturated carbocycles. The van der Waals surface area contributed by atoms with Crippen LogP contribution in [0.15, 0.2) is 413 Å². The van der Waals surface area contributed by atoms with Gasteiger partial charge in [-0.15, -0.1) is 0 Å². The van der Waals surface area contributed by atoms with Crippen molar-refractivity contribution in [1.82, 2.24) is 9.97 Å². The molecule has 116 heavy (non-hydrogen) atoms. The molecule has 0 aliphatic carbocycles. The van der Waals surface area contributed by atoms with Crippen LogP contribution in [0.2, 0.25) is 0 Å². The summed E-state index contributed by atoms with van der Waals surface area (Å²) in [6.45, 7) is 3.42. The predicted octanol–water partition coefficient (Wildman–Crippen LogP) is 19.7. The minimum Gasteiger partial charge on any atom is -0.0616 e. The van der Waals surface area contributed by atoms with Crippen LogP contribution in [0.1, 0.15) is 27.4 Å². The second kappa shape index (κ2) is 32.8. The number of benzene rings is 15. The van der Waals surface area contributed by atoms with E-state index in [2.05, 4.69) is 146 Å². The Balaban J connectivity index is 0.000000179. The van der Waals surface area contributed by atoms with Crippen LogP contribution in [0.25, 0.3) is 67.0 Å². The van der Waals surface area contributed by atoms with Gasteiger partial charge in [0.1, 0.15) is 0 Å². The maximum Gasteiger partial charge on any atom is 0.0629 e. The molecular weight excluding hydrogens is 1900 g/mol. The summed E-state index contributed by atoms with van der Waals surface area (Å²) >= 11 is -7.03. The van der Waals surface area contributed by atoms with E-state index in [1.54, 1.807) is 89.0 Å². The van der Waals surface area contributed by atoms with Gasteiger partial charge < -0.3 is 0 Å². The molecule has 0 fully saturated rings. The van der Waals surface area contributed by atoms with Crippen molar-refractivity contribution >= 4 is 95.8 Å². The predicted molar refractivity (Wildman–Crippen MR) is 470 cm³/mol. The number of aromatic nitrogens is 2. The third-order valence-corrected chi connectivity index (χ3v) is 41.1. The molecule has 0 N–H and O–H groups in total. The molecule has 2 aromatic heterocycles. The fraction of sp³-hybridized carbons (Fsp3) is 0. The molecule has 0 amide bonds. The van der Waals surface area contributed by atoms with E-state index in [1.807, 2.05) is 114 Å². The van der Waals surface area contributed by atoms with Crippen LogP contribution in [0.3, 0.4) is 0 Å². The Morgan fingerprint density at radius 3 is 1.07 bits per heavy atom. The summed E-state index contributed by atoms with van der Waals surface area (Å²) in [4.78, 5) is 16.9. The summed E-state index contributed by atoms with van der Waals surface area (Å²) in [6, 6.07) is 91.0. The Morgan fingerprint density at radius 2 is 0.647 bits per heavy atom. The summed E-state index contributed by atoms with van der Waals surface area (Å²) in [5, 5.41) is 0. The van der Waals surface area contributed by atoms with Crippen LogP contribution >= 0.6 is 0 Å². The Bertz CT molecular complexity index is 7370. The van der Waals surface area contributed by atoms with Gasteiger partial charge in [-0.1, -0.05) is 163 Å². The van der Waals surface area contributed by atoms with E-state index in [1.165, 1.54) is 35.2 Å². The molecule has 15 aromatic carbocycles. The van der Waals surface area contributed by atoms with Gasteiger partial charge in [-0.2, -0.15) is 0 Å². The Hall–Kier alpha value is -12.4. The molecule has 562 valence electrons. The maximum atomic E-state index is 9.01. The van der Waals surface area contributed by atoms with E-state index in [-0.39, 0.29) is 98.0 Å². The quantitative estimate of drug-likeness (QED) is 0.0701. The minimum atomic E-state index is -3.53. The van der Waals surface area contributed by atoms with Gasteiger partial charge in [-0.3, -0.25) is 0 Å². The van der Waals surface area contributed by atoms with E-state index in [0.29, 0.717) is 45.7 Å². The molecule has 17 aromatic rings. The van der Waals surface area contributed by atoms with E-state index in [4.69, 9.17) is 46.9 Å². The zero-order chi connectivity index (χ0) is 93.2. The second-order valence-corrected chi connectivity index (χ2v) is 42.6. The van der Waals surface area contributed by atoms with E-state index < -0.39 is 147 Å². The first-order valence-corrected chi connectivity index (χ1v) is 45.1. The van der Waals surface area contributed by atoms with Crippen molar-refractivity contribution in [2.45, 2.75) is 0 Å². The SMILES string of the molecule is [2H]c1c([2H])c([2H])c(-c2cccc(-c3c([2H])c([2H])c([2H])c([2H])c3[2H])c2N2C=CN(c3[c-]c(Oc4[c-]c5[c](cc4)[Ge]([c]4ccccc4)([c]4ccccc4)[c]4cccnc4-5)ccc3)[CH-]2)c([2H])c1[2H].[2H]c1c([2H])c([2H])c(-c2cccc(-c3c([2H])c([2H])c([2H])c([2H])c3[2H])c2N2[CH-]N(c3[c-]c(Oc4[c-]c5[c](cc4)[Ge]([c]4ccccc4)([c]4ccccc4)[c]4cccnc4-5)ccc3)c3ccccc32)c([2H])c1[2H].[Pt].[Pt]. The van der Waals surface area contributed by atoms with E-state index in [0.717, 1.165) is 22.5 Å². The van der Waals surface area contributed by atoms with Crippen LogP contribution in [0, 0.1) is 37.6 Å². The van der Waals surface area contributed by atoms with Gasteiger partial charge in [0.15, 0.2) is 0 Å². The Labute approximate surface area is 739 Å². The van der Waals surface area contributed by atoms with Gasteiger partial charge in [0.25, 0.3) is 0 Å². The minimum absolute atomic E-state index is 0. The summed E-state index contributed by atoms with van der Waals surface area (Å²) in [6.07, 6.45) is 7.03. The number of rotatable bonds is 16. The summed E-state index contributed by atoms with van der Waals surface area (Å²) in [7, 11) is 0. The maximum absolute atomic E-state index is 9.01. The molecule has 0 radical (unpaired) electrons. The first-order chi connectivity index (χ1) is 64.8. The number of hydrogen-bond acceptors (Lipinski definition) is 8. The molecule has 0 atom stereocenters. The van der Waals surface area contributed by atoms with Gasteiger partial charge >= 0.3 is 467 Å².